The van der Waals surface area contributed by atoms with Crippen LogP contribution in [0.3, 0.4) is 0 Å². The summed E-state index contributed by atoms with van der Waals surface area (Å²) in [7, 11) is 0. The average Bonchev–Trinajstić information content (AvgIpc) is 2.33. The smallest absolute Gasteiger partial charge is 0.326 e. The topological polar surface area (TPSA) is 78.4 Å². The second-order valence-corrected chi connectivity index (χ2v) is 4.87. The number of hydrogen-bond donors (Lipinski definition) is 3. The number of urea groups is 1. The summed E-state index contributed by atoms with van der Waals surface area (Å²) in [4.78, 5) is 22.5. The Morgan fingerprint density at radius 1 is 1.24 bits per heavy atom. The van der Waals surface area contributed by atoms with E-state index in [1.807, 2.05) is 5.32 Å². The van der Waals surface area contributed by atoms with Gasteiger partial charge in [0, 0.05) is 12.1 Å². The van der Waals surface area contributed by atoms with E-state index in [1.165, 1.54) is 0 Å². The van der Waals surface area contributed by atoms with E-state index in [2.05, 4.69) is 5.32 Å². The van der Waals surface area contributed by atoms with Gasteiger partial charge in [0.2, 0.25) is 0 Å². The first-order valence-electron chi connectivity index (χ1n) is 6.15. The average molecular weight is 304 g/mol. The van der Waals surface area contributed by atoms with Crippen LogP contribution in [-0.4, -0.2) is 23.1 Å². The van der Waals surface area contributed by atoms with Gasteiger partial charge >= 0.3 is 12.0 Å². The van der Waals surface area contributed by atoms with Crippen molar-refractivity contribution in [1.82, 2.24) is 5.32 Å². The number of carboxylic acid groups (broad SMARTS) is 1. The van der Waals surface area contributed by atoms with Crippen molar-refractivity contribution in [2.45, 2.75) is 26.3 Å². The third-order valence-corrected chi connectivity index (χ3v) is 2.55. The number of benzene rings is 1. The number of amides is 2. The summed E-state index contributed by atoms with van der Waals surface area (Å²) in [5.74, 6) is -5.22. The predicted molar refractivity (Wildman–Crippen MR) is 69.3 cm³/mol. The van der Waals surface area contributed by atoms with Gasteiger partial charge in [-0.3, -0.25) is 0 Å². The van der Waals surface area contributed by atoms with E-state index in [0.29, 0.717) is 12.1 Å². The van der Waals surface area contributed by atoms with Crippen LogP contribution < -0.4 is 10.6 Å². The molecule has 0 heterocycles. The predicted octanol–water partition coefficient (Wildman–Crippen LogP) is 2.72. The van der Waals surface area contributed by atoms with E-state index in [-0.39, 0.29) is 12.3 Å². The van der Waals surface area contributed by atoms with Crippen LogP contribution in [0, 0.1) is 23.4 Å². The number of carbonyl (C=O) groups is 2. The van der Waals surface area contributed by atoms with Gasteiger partial charge in [0.15, 0.2) is 11.6 Å². The second-order valence-electron chi connectivity index (χ2n) is 4.87. The summed E-state index contributed by atoms with van der Waals surface area (Å²) in [5, 5.41) is 12.9. The summed E-state index contributed by atoms with van der Waals surface area (Å²) in [6, 6.07) is -1.33. The molecule has 0 aliphatic heterocycles. The standard InChI is InChI=1S/C13H15F3N2O3/c1-6(2)3-10(12(19)20)18-13(21)17-9-5-7(14)4-8(15)11(9)16/h4-6,10H,3H2,1-2H3,(H,19,20)(H2,17,18,21)/t10-/m0/s1. The van der Waals surface area contributed by atoms with Crippen LogP contribution in [0.1, 0.15) is 20.3 Å². The Morgan fingerprint density at radius 2 is 1.86 bits per heavy atom. The minimum absolute atomic E-state index is 0.00486. The Balaban J connectivity index is 2.79. The molecule has 0 saturated heterocycles. The lowest BCUT2D eigenvalue weighted by Crippen LogP contribution is -2.43. The quantitative estimate of drug-likeness (QED) is 0.732. The van der Waals surface area contributed by atoms with Crippen molar-refractivity contribution in [3.63, 3.8) is 0 Å². The van der Waals surface area contributed by atoms with Crippen molar-refractivity contribution < 1.29 is 27.9 Å². The third-order valence-electron chi connectivity index (χ3n) is 2.55. The molecule has 8 heteroatoms. The highest BCUT2D eigenvalue weighted by molar-refractivity contribution is 5.92. The molecule has 21 heavy (non-hydrogen) atoms. The normalized spacial score (nSPS) is 12.1. The monoisotopic (exact) mass is 304 g/mol. The van der Waals surface area contributed by atoms with Gasteiger partial charge < -0.3 is 15.7 Å². The fourth-order valence-electron chi connectivity index (χ4n) is 1.66. The molecular formula is C13H15F3N2O3. The molecule has 0 aromatic heterocycles. The summed E-state index contributed by atoms with van der Waals surface area (Å²) in [6.07, 6.45) is 0.156. The van der Waals surface area contributed by atoms with Gasteiger partial charge in [-0.1, -0.05) is 13.8 Å². The number of hydrogen-bond acceptors (Lipinski definition) is 2. The van der Waals surface area contributed by atoms with E-state index in [4.69, 9.17) is 5.11 Å². The Kier molecular flexibility index (Phi) is 5.57. The van der Waals surface area contributed by atoms with E-state index in [1.54, 1.807) is 13.8 Å². The first kappa shape index (κ1) is 16.8. The molecule has 0 radical (unpaired) electrons. The summed E-state index contributed by atoms with van der Waals surface area (Å²) >= 11 is 0. The molecule has 0 unspecified atom stereocenters. The largest absolute Gasteiger partial charge is 0.480 e. The lowest BCUT2D eigenvalue weighted by Gasteiger charge is -2.17. The Labute approximate surface area is 119 Å². The molecule has 0 spiro atoms. The van der Waals surface area contributed by atoms with E-state index in [9.17, 15) is 22.8 Å². The molecule has 1 atom stereocenters. The van der Waals surface area contributed by atoms with Crippen LogP contribution in [0.25, 0.3) is 0 Å². The number of carbonyl (C=O) groups excluding carboxylic acids is 1. The van der Waals surface area contributed by atoms with Gasteiger partial charge in [-0.05, 0) is 12.3 Å². The second kappa shape index (κ2) is 6.96. The highest BCUT2D eigenvalue weighted by atomic mass is 19.2. The van der Waals surface area contributed by atoms with Crippen molar-refractivity contribution in [1.29, 1.82) is 0 Å². The number of aliphatic carboxylic acids is 1. The molecule has 0 saturated carbocycles. The van der Waals surface area contributed by atoms with Crippen LogP contribution in [0.4, 0.5) is 23.7 Å². The lowest BCUT2D eigenvalue weighted by atomic mass is 10.0. The minimum atomic E-state index is -1.46. The maximum atomic E-state index is 13.3. The Hall–Kier alpha value is -2.25. The van der Waals surface area contributed by atoms with Gasteiger partial charge in [-0.2, -0.15) is 0 Å². The van der Waals surface area contributed by atoms with Gasteiger partial charge in [0.25, 0.3) is 0 Å². The van der Waals surface area contributed by atoms with Crippen LogP contribution in [0.15, 0.2) is 12.1 Å². The van der Waals surface area contributed by atoms with E-state index >= 15 is 0 Å². The SMILES string of the molecule is CC(C)C[C@H](NC(=O)Nc1cc(F)cc(F)c1F)C(=O)O. The van der Waals surface area contributed by atoms with Gasteiger partial charge in [0.1, 0.15) is 11.9 Å². The zero-order valence-electron chi connectivity index (χ0n) is 11.4. The summed E-state index contributed by atoms with van der Waals surface area (Å²) in [6.45, 7) is 3.52. The summed E-state index contributed by atoms with van der Waals surface area (Å²) < 4.78 is 39.3. The van der Waals surface area contributed by atoms with Crippen molar-refractivity contribution in [3.05, 3.63) is 29.6 Å². The van der Waals surface area contributed by atoms with Gasteiger partial charge in [-0.15, -0.1) is 0 Å². The van der Waals surface area contributed by atoms with Crippen LogP contribution in [-0.2, 0) is 4.79 Å². The molecule has 0 aliphatic rings. The molecule has 1 rings (SSSR count). The van der Waals surface area contributed by atoms with Gasteiger partial charge in [-0.25, -0.2) is 22.8 Å². The maximum absolute atomic E-state index is 13.3. The summed E-state index contributed by atoms with van der Waals surface area (Å²) in [5.41, 5.74) is -0.710. The van der Waals surface area contributed by atoms with Gasteiger partial charge in [0.05, 0.1) is 5.69 Å². The highest BCUT2D eigenvalue weighted by Crippen LogP contribution is 2.19. The first-order valence-corrected chi connectivity index (χ1v) is 6.15. The fraction of sp³-hybridized carbons (Fsp3) is 0.385. The molecule has 0 fully saturated rings. The molecular weight excluding hydrogens is 289 g/mol. The van der Waals surface area contributed by atoms with Crippen molar-refractivity contribution in [2.75, 3.05) is 5.32 Å². The maximum Gasteiger partial charge on any atom is 0.326 e. The van der Waals surface area contributed by atoms with E-state index in [0.717, 1.165) is 0 Å². The lowest BCUT2D eigenvalue weighted by molar-refractivity contribution is -0.139. The first-order chi connectivity index (χ1) is 9.70. The van der Waals surface area contributed by atoms with E-state index < -0.39 is 41.2 Å². The van der Waals surface area contributed by atoms with Crippen LogP contribution in [0.2, 0.25) is 0 Å². The number of anilines is 1. The molecule has 3 N–H and O–H groups in total. The van der Waals surface area contributed by atoms with Crippen molar-refractivity contribution >= 4 is 17.7 Å². The molecule has 0 bridgehead atoms. The van der Waals surface area contributed by atoms with Crippen molar-refractivity contribution in [2.24, 2.45) is 5.92 Å². The Bertz CT molecular complexity index is 550. The number of carboxylic acids is 1. The van der Waals surface area contributed by atoms with Crippen LogP contribution in [0.5, 0.6) is 0 Å². The molecule has 116 valence electrons. The molecule has 1 aromatic rings. The van der Waals surface area contributed by atoms with Crippen molar-refractivity contribution in [3.8, 4) is 0 Å². The highest BCUT2D eigenvalue weighted by Gasteiger charge is 2.22. The fourth-order valence-corrected chi connectivity index (χ4v) is 1.66. The third kappa shape index (κ3) is 4.97. The molecule has 1 aromatic carbocycles. The van der Waals surface area contributed by atoms with Crippen LogP contribution >= 0.6 is 0 Å². The Morgan fingerprint density at radius 3 is 2.38 bits per heavy atom. The zero-order valence-corrected chi connectivity index (χ0v) is 11.4. The number of rotatable bonds is 5. The zero-order chi connectivity index (χ0) is 16.2. The molecule has 2 amide bonds. The molecule has 5 nitrogen and oxygen atoms in total. The minimum Gasteiger partial charge on any atom is -0.480 e. The number of nitrogens with one attached hydrogen (secondary N) is 2. The molecule has 0 aliphatic carbocycles. The number of halogens is 3.